The van der Waals surface area contributed by atoms with Gasteiger partial charge in [-0.05, 0) is 30.9 Å². The summed E-state index contributed by atoms with van der Waals surface area (Å²) in [4.78, 5) is 0. The van der Waals surface area contributed by atoms with E-state index in [2.05, 4.69) is 0 Å². The van der Waals surface area contributed by atoms with E-state index in [1.807, 2.05) is 0 Å². The average Bonchev–Trinajstić information content (AvgIpc) is 2.27. The molecule has 0 heterocycles. The van der Waals surface area contributed by atoms with Crippen LogP contribution in [0, 0.1) is 11.7 Å². The van der Waals surface area contributed by atoms with Crippen molar-refractivity contribution in [2.45, 2.75) is 37.6 Å². The molecule has 2 nitrogen and oxygen atoms in total. The van der Waals surface area contributed by atoms with Gasteiger partial charge in [0.25, 0.3) is 0 Å². The van der Waals surface area contributed by atoms with Gasteiger partial charge in [0, 0.05) is 5.56 Å². The summed E-state index contributed by atoms with van der Waals surface area (Å²) < 4.78 is 52.0. The van der Waals surface area contributed by atoms with E-state index < -0.39 is 40.3 Å². The van der Waals surface area contributed by atoms with Gasteiger partial charge in [-0.15, -0.1) is 0 Å². The van der Waals surface area contributed by atoms with Gasteiger partial charge in [0.15, 0.2) is 0 Å². The highest BCUT2D eigenvalue weighted by atomic mass is 35.5. The Bertz CT molecular complexity index is 502. The van der Waals surface area contributed by atoms with Crippen LogP contribution in [0.3, 0.4) is 0 Å². The first kappa shape index (κ1) is 15.5. The lowest BCUT2D eigenvalue weighted by molar-refractivity contribution is -0.137. The molecule has 1 aliphatic rings. The molecule has 0 bridgehead atoms. The highest BCUT2D eigenvalue weighted by Crippen LogP contribution is 2.38. The van der Waals surface area contributed by atoms with Crippen LogP contribution in [0.4, 0.5) is 17.6 Å². The molecule has 112 valence electrons. The summed E-state index contributed by atoms with van der Waals surface area (Å²) in [6, 6.07) is -0.0866. The molecule has 1 aromatic rings. The lowest BCUT2D eigenvalue weighted by Crippen LogP contribution is -2.37. The van der Waals surface area contributed by atoms with Crippen molar-refractivity contribution in [3.05, 3.63) is 34.1 Å². The Hall–Kier alpha value is -0.850. The summed E-state index contributed by atoms with van der Waals surface area (Å²) in [5.74, 6) is -1.11. The van der Waals surface area contributed by atoms with Crippen LogP contribution in [0.1, 0.15) is 36.4 Å². The van der Waals surface area contributed by atoms with Crippen LogP contribution in [0.15, 0.2) is 12.1 Å². The van der Waals surface area contributed by atoms with Crippen molar-refractivity contribution in [3.63, 3.8) is 0 Å². The van der Waals surface area contributed by atoms with E-state index in [9.17, 15) is 22.7 Å². The van der Waals surface area contributed by atoms with Gasteiger partial charge in [0.2, 0.25) is 0 Å². The fraction of sp³-hybridized carbons (Fsp3) is 0.538. The number of nitrogens with two attached hydrogens (primary N) is 1. The molecule has 0 radical (unpaired) electrons. The monoisotopic (exact) mass is 311 g/mol. The smallest absolute Gasteiger partial charge is 0.391 e. The number of benzene rings is 1. The maximum absolute atomic E-state index is 13.9. The minimum atomic E-state index is -4.65. The number of hydrogen-bond donors (Lipinski definition) is 2. The number of hydrogen-bond acceptors (Lipinski definition) is 2. The number of halogens is 5. The summed E-state index contributed by atoms with van der Waals surface area (Å²) in [5.41, 5.74) is 4.24. The largest absolute Gasteiger partial charge is 0.416 e. The fourth-order valence-electron chi connectivity index (χ4n) is 2.28. The van der Waals surface area contributed by atoms with Gasteiger partial charge in [-0.1, -0.05) is 18.0 Å². The zero-order chi connectivity index (χ0) is 15.1. The lowest BCUT2D eigenvalue weighted by Gasteiger charge is -2.34. The van der Waals surface area contributed by atoms with Crippen molar-refractivity contribution < 1.29 is 22.7 Å². The second kappa shape index (κ2) is 5.50. The zero-order valence-electron chi connectivity index (χ0n) is 10.4. The molecule has 1 fully saturated rings. The predicted molar refractivity (Wildman–Crippen MR) is 66.7 cm³/mol. The number of aliphatic hydroxyl groups is 1. The van der Waals surface area contributed by atoms with Crippen molar-refractivity contribution >= 4 is 11.6 Å². The molecular weight excluding hydrogens is 298 g/mol. The van der Waals surface area contributed by atoms with Gasteiger partial charge >= 0.3 is 6.18 Å². The van der Waals surface area contributed by atoms with Gasteiger partial charge < -0.3 is 10.8 Å². The normalized spacial score (nSPS) is 19.6. The molecule has 0 aromatic heterocycles. The van der Waals surface area contributed by atoms with Crippen LogP contribution < -0.4 is 5.73 Å². The van der Waals surface area contributed by atoms with Gasteiger partial charge in [-0.3, -0.25) is 0 Å². The standard InChI is InChI=1S/C13H14ClF4NO/c14-9-5-7(13(16,17)18)4-8(10(9)15)11(19)12(20)6-2-1-3-6/h4-6,11-12,20H,1-3,19H2/t11-,12+/m0/s1. The fourth-order valence-corrected chi connectivity index (χ4v) is 2.50. The quantitative estimate of drug-likeness (QED) is 0.837. The van der Waals surface area contributed by atoms with Gasteiger partial charge in [-0.25, -0.2) is 4.39 Å². The molecule has 20 heavy (non-hydrogen) atoms. The second-order valence-electron chi connectivity index (χ2n) is 5.07. The van der Waals surface area contributed by atoms with Crippen molar-refractivity contribution in [3.8, 4) is 0 Å². The maximum atomic E-state index is 13.9. The van der Waals surface area contributed by atoms with Crippen LogP contribution in [0.25, 0.3) is 0 Å². The molecule has 2 atom stereocenters. The Kier molecular flexibility index (Phi) is 4.27. The zero-order valence-corrected chi connectivity index (χ0v) is 11.2. The molecule has 0 saturated heterocycles. The van der Waals surface area contributed by atoms with E-state index in [1.54, 1.807) is 0 Å². The molecule has 0 amide bonds. The molecular formula is C13H14ClF4NO. The van der Waals surface area contributed by atoms with Crippen LogP contribution in [0.5, 0.6) is 0 Å². The van der Waals surface area contributed by atoms with E-state index in [1.165, 1.54) is 0 Å². The minimum Gasteiger partial charge on any atom is -0.391 e. The maximum Gasteiger partial charge on any atom is 0.416 e. The van der Waals surface area contributed by atoms with Crippen molar-refractivity contribution in [1.29, 1.82) is 0 Å². The van der Waals surface area contributed by atoms with Gasteiger partial charge in [0.1, 0.15) is 5.82 Å². The highest BCUT2D eigenvalue weighted by Gasteiger charge is 2.36. The van der Waals surface area contributed by atoms with Gasteiger partial charge in [0.05, 0.1) is 22.7 Å². The van der Waals surface area contributed by atoms with Crippen LogP contribution >= 0.6 is 11.6 Å². The Morgan fingerprint density at radius 3 is 2.35 bits per heavy atom. The minimum absolute atomic E-state index is 0.0993. The summed E-state index contributed by atoms with van der Waals surface area (Å²) in [5, 5.41) is 9.34. The molecule has 2 rings (SSSR count). The van der Waals surface area contributed by atoms with E-state index in [0.29, 0.717) is 12.1 Å². The summed E-state index contributed by atoms with van der Waals surface area (Å²) in [6.45, 7) is 0. The summed E-state index contributed by atoms with van der Waals surface area (Å²) >= 11 is 5.49. The first-order valence-corrected chi connectivity index (χ1v) is 6.59. The second-order valence-corrected chi connectivity index (χ2v) is 5.47. The molecule has 3 N–H and O–H groups in total. The molecule has 0 spiro atoms. The first-order valence-electron chi connectivity index (χ1n) is 6.21. The van der Waals surface area contributed by atoms with Crippen molar-refractivity contribution in [1.82, 2.24) is 0 Å². The Labute approximate surface area is 118 Å². The number of aliphatic hydroxyl groups excluding tert-OH is 1. The number of alkyl halides is 3. The average molecular weight is 312 g/mol. The molecule has 1 aliphatic carbocycles. The SMILES string of the molecule is N[C@@H](c1cc(C(F)(F)F)cc(Cl)c1F)[C@H](O)C1CCC1. The molecule has 0 aliphatic heterocycles. The van der Waals surface area contributed by atoms with E-state index >= 15 is 0 Å². The first-order chi connectivity index (χ1) is 9.21. The van der Waals surface area contributed by atoms with Crippen LogP contribution in [0.2, 0.25) is 5.02 Å². The summed E-state index contributed by atoms with van der Waals surface area (Å²) in [7, 11) is 0. The van der Waals surface area contributed by atoms with Crippen molar-refractivity contribution in [2.75, 3.05) is 0 Å². The van der Waals surface area contributed by atoms with Gasteiger partial charge in [-0.2, -0.15) is 13.2 Å². The van der Waals surface area contributed by atoms with Crippen LogP contribution in [-0.4, -0.2) is 11.2 Å². The molecule has 0 unspecified atom stereocenters. The molecule has 1 aromatic carbocycles. The third-order valence-electron chi connectivity index (χ3n) is 3.74. The Morgan fingerprint density at radius 2 is 1.90 bits per heavy atom. The molecule has 7 heteroatoms. The van der Waals surface area contributed by atoms with Crippen molar-refractivity contribution in [2.24, 2.45) is 11.7 Å². The summed E-state index contributed by atoms with van der Waals surface area (Å²) in [6.07, 6.45) is -3.31. The molecule has 1 saturated carbocycles. The van der Waals surface area contributed by atoms with Crippen LogP contribution in [-0.2, 0) is 6.18 Å². The van der Waals surface area contributed by atoms with E-state index in [4.69, 9.17) is 17.3 Å². The Morgan fingerprint density at radius 1 is 1.30 bits per heavy atom. The predicted octanol–water partition coefficient (Wildman–Crippen LogP) is 3.66. The number of rotatable bonds is 3. The third-order valence-corrected chi connectivity index (χ3v) is 4.02. The van der Waals surface area contributed by atoms with E-state index in [0.717, 1.165) is 19.3 Å². The third kappa shape index (κ3) is 2.92. The Balaban J connectivity index is 2.36. The topological polar surface area (TPSA) is 46.2 Å². The highest BCUT2D eigenvalue weighted by molar-refractivity contribution is 6.30. The van der Waals surface area contributed by atoms with E-state index in [-0.39, 0.29) is 5.92 Å². The lowest BCUT2D eigenvalue weighted by atomic mass is 9.77.